The fourth-order valence-electron chi connectivity index (χ4n) is 1.97. The van der Waals surface area contributed by atoms with Crippen LogP contribution in [0.2, 0.25) is 0 Å². The van der Waals surface area contributed by atoms with Crippen molar-refractivity contribution in [3.63, 3.8) is 0 Å². The Hall–Kier alpha value is -1.96. The summed E-state index contributed by atoms with van der Waals surface area (Å²) >= 11 is 5.09. The molecule has 0 atom stereocenters. The molecule has 1 aromatic heterocycles. The van der Waals surface area contributed by atoms with Crippen molar-refractivity contribution in [2.75, 3.05) is 5.73 Å². The second-order valence-electron chi connectivity index (χ2n) is 5.12. The molecule has 0 radical (unpaired) electrons. The number of hydrogen-bond donors (Lipinski definition) is 3. The number of nitrogens with two attached hydrogens (primary N) is 1. The Morgan fingerprint density at radius 3 is 2.71 bits per heavy atom. The number of nitrogen functional groups attached to an aromatic ring is 1. The summed E-state index contributed by atoms with van der Waals surface area (Å²) in [4.78, 5) is 37.6. The predicted octanol–water partition coefficient (Wildman–Crippen LogP) is 0.121. The average molecular weight is 310 g/mol. The first-order chi connectivity index (χ1) is 9.95. The number of amides is 1. The molecule has 4 N–H and O–H groups in total. The van der Waals surface area contributed by atoms with Gasteiger partial charge in [0, 0.05) is 12.5 Å². The Morgan fingerprint density at radius 2 is 2.14 bits per heavy atom. The first-order valence-corrected chi connectivity index (χ1v) is 7.34. The minimum Gasteiger partial charge on any atom is -0.384 e. The molecule has 1 amide bonds. The van der Waals surface area contributed by atoms with Gasteiger partial charge in [-0.3, -0.25) is 19.1 Å². The minimum atomic E-state index is -0.675. The van der Waals surface area contributed by atoms with Crippen LogP contribution >= 0.6 is 12.2 Å². The molecule has 1 aliphatic rings. The van der Waals surface area contributed by atoms with Crippen molar-refractivity contribution in [1.29, 1.82) is 0 Å². The lowest BCUT2D eigenvalue weighted by Crippen LogP contribution is -2.41. The van der Waals surface area contributed by atoms with Crippen molar-refractivity contribution in [2.24, 2.45) is 5.92 Å². The Kier molecular flexibility index (Phi) is 4.56. The first-order valence-electron chi connectivity index (χ1n) is 6.93. The zero-order valence-corrected chi connectivity index (χ0v) is 12.6. The Bertz CT molecular complexity index is 688. The average Bonchev–Trinajstić information content (AvgIpc) is 3.22. The summed E-state index contributed by atoms with van der Waals surface area (Å²) in [5.74, 6) is -0.238. The van der Waals surface area contributed by atoms with Crippen LogP contribution in [0.5, 0.6) is 0 Å². The quantitative estimate of drug-likeness (QED) is 0.669. The van der Waals surface area contributed by atoms with Crippen molar-refractivity contribution in [3.8, 4) is 0 Å². The van der Waals surface area contributed by atoms with Gasteiger partial charge in [-0.15, -0.1) is 0 Å². The van der Waals surface area contributed by atoms with Crippen molar-refractivity contribution >= 4 is 28.9 Å². The third kappa shape index (κ3) is 3.38. The molecule has 2 rings (SSSR count). The smallest absolute Gasteiger partial charge is 0.329 e. The monoisotopic (exact) mass is 310 g/mol. The van der Waals surface area contributed by atoms with E-state index >= 15 is 0 Å². The third-order valence-electron chi connectivity index (χ3n) is 3.39. The van der Waals surface area contributed by atoms with E-state index in [1.54, 1.807) is 0 Å². The van der Waals surface area contributed by atoms with E-state index in [4.69, 9.17) is 18.0 Å². The first kappa shape index (κ1) is 15.4. The van der Waals surface area contributed by atoms with Crippen LogP contribution in [-0.4, -0.2) is 20.4 Å². The number of hydrogen-bond acceptors (Lipinski definition) is 5. The van der Waals surface area contributed by atoms with Crippen molar-refractivity contribution < 1.29 is 4.79 Å². The van der Waals surface area contributed by atoms with Crippen LogP contribution in [0, 0.1) is 5.92 Å². The molecule has 0 aliphatic heterocycles. The summed E-state index contributed by atoms with van der Waals surface area (Å²) in [6.45, 7) is 2.37. The van der Waals surface area contributed by atoms with Gasteiger partial charge in [-0.05, 0) is 19.3 Å². The molecule has 0 spiro atoms. The molecule has 1 fully saturated rings. The van der Waals surface area contributed by atoms with E-state index in [-0.39, 0.29) is 28.2 Å². The number of unbranched alkanes of at least 4 members (excludes halogenated alkanes) is 1. The number of rotatable bonds is 5. The number of aromatic nitrogens is 2. The summed E-state index contributed by atoms with van der Waals surface area (Å²) in [5.41, 5.74) is 4.64. The topological polar surface area (TPSA) is 110 Å². The molecule has 1 heterocycles. The van der Waals surface area contributed by atoms with Crippen LogP contribution in [0.25, 0.3) is 0 Å². The molecule has 1 aromatic rings. The fourth-order valence-corrected chi connectivity index (χ4v) is 2.27. The van der Waals surface area contributed by atoms with Crippen molar-refractivity contribution in [1.82, 2.24) is 14.9 Å². The van der Waals surface area contributed by atoms with Gasteiger partial charge in [-0.25, -0.2) is 4.79 Å². The number of nitrogens with one attached hydrogen (secondary N) is 2. The lowest BCUT2D eigenvalue weighted by atomic mass is 10.2. The van der Waals surface area contributed by atoms with Gasteiger partial charge in [0.1, 0.15) is 16.4 Å². The summed E-state index contributed by atoms with van der Waals surface area (Å²) < 4.78 is 1.27. The highest BCUT2D eigenvalue weighted by molar-refractivity contribution is 7.80. The highest BCUT2D eigenvalue weighted by Gasteiger charge is 2.31. The van der Waals surface area contributed by atoms with Crippen LogP contribution in [0.3, 0.4) is 0 Å². The zero-order valence-electron chi connectivity index (χ0n) is 11.8. The molecular weight excluding hydrogens is 292 g/mol. The maximum absolute atomic E-state index is 11.9. The second kappa shape index (κ2) is 6.21. The molecule has 1 aliphatic carbocycles. The number of nitrogens with zero attached hydrogens (tertiary/aromatic N) is 1. The molecule has 21 heavy (non-hydrogen) atoms. The molecule has 0 aromatic carbocycles. The maximum Gasteiger partial charge on any atom is 0.329 e. The number of thiocarbonyl (C=S) groups is 1. The standard InChI is InChI=1S/C13H18N4O3S/c1-2-3-6-17-9(14)8(11(19)16-13(17)20)12(21)15-10(18)7-4-5-7/h7H,2-6,14H2,1H3,(H,15,18,21)(H,16,19,20). The molecule has 8 heteroatoms. The van der Waals surface area contributed by atoms with Gasteiger partial charge < -0.3 is 11.1 Å². The number of carbonyl (C=O) groups excluding carboxylic acids is 1. The van der Waals surface area contributed by atoms with Gasteiger partial charge in [0.2, 0.25) is 5.91 Å². The van der Waals surface area contributed by atoms with Gasteiger partial charge >= 0.3 is 5.69 Å². The van der Waals surface area contributed by atoms with Crippen molar-refractivity contribution in [2.45, 2.75) is 39.2 Å². The molecule has 0 bridgehead atoms. The van der Waals surface area contributed by atoms with E-state index in [1.807, 2.05) is 6.92 Å². The third-order valence-corrected chi connectivity index (χ3v) is 3.69. The van der Waals surface area contributed by atoms with Gasteiger partial charge in [-0.1, -0.05) is 25.6 Å². The van der Waals surface area contributed by atoms with Gasteiger partial charge in [0.05, 0.1) is 0 Å². The number of anilines is 1. The highest BCUT2D eigenvalue weighted by atomic mass is 32.1. The summed E-state index contributed by atoms with van der Waals surface area (Å²) in [6.07, 6.45) is 3.28. The van der Waals surface area contributed by atoms with Crippen LogP contribution in [0.4, 0.5) is 5.82 Å². The maximum atomic E-state index is 11.9. The highest BCUT2D eigenvalue weighted by Crippen LogP contribution is 2.28. The van der Waals surface area contributed by atoms with E-state index in [1.165, 1.54) is 4.57 Å². The van der Waals surface area contributed by atoms with Crippen LogP contribution in [0.1, 0.15) is 38.2 Å². The fraction of sp³-hybridized carbons (Fsp3) is 0.538. The Labute approximate surface area is 126 Å². The summed E-state index contributed by atoms with van der Waals surface area (Å²) in [7, 11) is 0. The number of aromatic amines is 1. The molecular formula is C13H18N4O3S. The lowest BCUT2D eigenvalue weighted by molar-refractivity contribution is -0.120. The van der Waals surface area contributed by atoms with Gasteiger partial charge in [0.25, 0.3) is 5.56 Å². The molecule has 1 saturated carbocycles. The largest absolute Gasteiger partial charge is 0.384 e. The van der Waals surface area contributed by atoms with E-state index in [0.717, 1.165) is 25.7 Å². The van der Waals surface area contributed by atoms with E-state index in [9.17, 15) is 14.4 Å². The second-order valence-corrected chi connectivity index (χ2v) is 5.53. The van der Waals surface area contributed by atoms with Crippen molar-refractivity contribution in [3.05, 3.63) is 26.4 Å². The number of carbonyl (C=O) groups is 1. The van der Waals surface area contributed by atoms with Crippen LogP contribution in [-0.2, 0) is 11.3 Å². The summed E-state index contributed by atoms with van der Waals surface area (Å²) in [6, 6.07) is 0. The Morgan fingerprint density at radius 1 is 1.48 bits per heavy atom. The predicted molar refractivity (Wildman–Crippen MR) is 83.2 cm³/mol. The van der Waals surface area contributed by atoms with E-state index < -0.39 is 11.2 Å². The van der Waals surface area contributed by atoms with Crippen LogP contribution in [0.15, 0.2) is 9.59 Å². The zero-order chi connectivity index (χ0) is 15.6. The normalized spacial score (nSPS) is 14.0. The molecule has 114 valence electrons. The minimum absolute atomic E-state index is 0.00158. The van der Waals surface area contributed by atoms with Gasteiger partial charge in [0.15, 0.2) is 0 Å². The lowest BCUT2D eigenvalue weighted by Gasteiger charge is -2.13. The molecule has 7 nitrogen and oxygen atoms in total. The molecule has 0 saturated heterocycles. The van der Waals surface area contributed by atoms with E-state index in [2.05, 4.69) is 10.3 Å². The Balaban J connectivity index is 2.33. The summed E-state index contributed by atoms with van der Waals surface area (Å²) in [5, 5.41) is 2.52. The van der Waals surface area contributed by atoms with Crippen LogP contribution < -0.4 is 22.3 Å². The molecule has 0 unspecified atom stereocenters. The van der Waals surface area contributed by atoms with E-state index in [0.29, 0.717) is 6.54 Å². The number of H-pyrrole nitrogens is 1. The SMILES string of the molecule is CCCCn1c(N)c(C(=S)NC(=O)C2CC2)c(=O)[nH]c1=O. The van der Waals surface area contributed by atoms with Gasteiger partial charge in [-0.2, -0.15) is 0 Å².